The third kappa shape index (κ3) is 3.35. The van der Waals surface area contributed by atoms with Gasteiger partial charge in [0.25, 0.3) is 0 Å². The van der Waals surface area contributed by atoms with Gasteiger partial charge in [-0.1, -0.05) is 13.0 Å². The minimum atomic E-state index is -0.934. The maximum atomic E-state index is 14.0. The van der Waals surface area contributed by atoms with Gasteiger partial charge in [0.2, 0.25) is 5.82 Å². The molecule has 118 valence electrons. The zero-order valence-corrected chi connectivity index (χ0v) is 12.7. The smallest absolute Gasteiger partial charge is 0.200 e. The Morgan fingerprint density at radius 2 is 2.10 bits per heavy atom. The molecule has 1 N–H and O–H groups in total. The summed E-state index contributed by atoms with van der Waals surface area (Å²) < 4.78 is 32.5. The summed E-state index contributed by atoms with van der Waals surface area (Å²) in [5.41, 5.74) is 0.220. The molecule has 1 aliphatic heterocycles. The number of aliphatic hydroxyl groups excluding tert-OH is 1. The van der Waals surface area contributed by atoms with Crippen LogP contribution in [-0.2, 0) is 6.54 Å². The van der Waals surface area contributed by atoms with Gasteiger partial charge in [0.1, 0.15) is 0 Å². The molecule has 0 radical (unpaired) electrons. The summed E-state index contributed by atoms with van der Waals surface area (Å²) in [6.07, 6.45) is 2.84. The predicted octanol–water partition coefficient (Wildman–Crippen LogP) is 2.96. The largest absolute Gasteiger partial charge is 0.494 e. The lowest BCUT2D eigenvalue weighted by Crippen LogP contribution is -2.44. The maximum absolute atomic E-state index is 14.0. The van der Waals surface area contributed by atoms with Crippen molar-refractivity contribution in [3.63, 3.8) is 0 Å². The van der Waals surface area contributed by atoms with Crippen LogP contribution in [0.15, 0.2) is 12.1 Å². The second-order valence-electron chi connectivity index (χ2n) is 5.88. The van der Waals surface area contributed by atoms with E-state index in [2.05, 4.69) is 11.8 Å². The van der Waals surface area contributed by atoms with E-state index >= 15 is 0 Å². The van der Waals surface area contributed by atoms with E-state index in [1.54, 1.807) is 6.07 Å². The number of ether oxygens (including phenoxy) is 1. The van der Waals surface area contributed by atoms with E-state index < -0.39 is 11.6 Å². The molecule has 21 heavy (non-hydrogen) atoms. The van der Waals surface area contributed by atoms with Gasteiger partial charge in [-0.3, -0.25) is 4.90 Å². The number of likely N-dealkylation sites (tertiary alicyclic amines) is 1. The van der Waals surface area contributed by atoms with E-state index in [4.69, 9.17) is 4.74 Å². The molecule has 0 aromatic heterocycles. The lowest BCUT2D eigenvalue weighted by molar-refractivity contribution is 0.0253. The molecule has 0 amide bonds. The third-order valence-electron chi connectivity index (χ3n) is 4.57. The van der Waals surface area contributed by atoms with Crippen LogP contribution >= 0.6 is 0 Å². The average Bonchev–Trinajstić information content (AvgIpc) is 2.52. The molecule has 0 unspecified atom stereocenters. The number of hydrogen-bond donors (Lipinski definition) is 1. The predicted molar refractivity (Wildman–Crippen MR) is 77.2 cm³/mol. The van der Waals surface area contributed by atoms with Crippen LogP contribution in [0.3, 0.4) is 0 Å². The van der Waals surface area contributed by atoms with Crippen molar-refractivity contribution in [1.82, 2.24) is 4.90 Å². The van der Waals surface area contributed by atoms with E-state index in [9.17, 15) is 13.9 Å². The minimum Gasteiger partial charge on any atom is -0.494 e. The molecule has 0 aliphatic carbocycles. The molecule has 1 atom stereocenters. The first-order valence-corrected chi connectivity index (χ1v) is 7.39. The fourth-order valence-corrected chi connectivity index (χ4v) is 3.07. The van der Waals surface area contributed by atoms with Gasteiger partial charge in [-0.15, -0.1) is 0 Å². The Morgan fingerprint density at radius 3 is 2.71 bits per heavy atom. The van der Waals surface area contributed by atoms with Crippen LogP contribution in [-0.4, -0.2) is 36.8 Å². The lowest BCUT2D eigenvalue weighted by atomic mass is 9.78. The first-order valence-electron chi connectivity index (χ1n) is 7.39. The van der Waals surface area contributed by atoms with Crippen LogP contribution in [0.5, 0.6) is 5.75 Å². The highest BCUT2D eigenvalue weighted by Gasteiger charge is 2.33. The van der Waals surface area contributed by atoms with Gasteiger partial charge in [0.15, 0.2) is 11.6 Å². The zero-order chi connectivity index (χ0) is 15.5. The van der Waals surface area contributed by atoms with Crippen molar-refractivity contribution in [2.75, 3.05) is 26.8 Å². The molecule has 0 spiro atoms. The Hall–Kier alpha value is -1.20. The Balaban J connectivity index is 2.13. The molecular weight excluding hydrogens is 276 g/mol. The number of aliphatic hydroxyl groups is 1. The van der Waals surface area contributed by atoms with E-state index in [1.165, 1.54) is 13.2 Å². The maximum Gasteiger partial charge on any atom is 0.200 e. The van der Waals surface area contributed by atoms with Crippen LogP contribution < -0.4 is 4.74 Å². The second-order valence-corrected chi connectivity index (χ2v) is 5.88. The summed E-state index contributed by atoms with van der Waals surface area (Å²) in [6.45, 7) is 4.11. The molecule has 1 fully saturated rings. The topological polar surface area (TPSA) is 32.7 Å². The van der Waals surface area contributed by atoms with Crippen LogP contribution in [0, 0.1) is 17.0 Å². The summed E-state index contributed by atoms with van der Waals surface area (Å²) in [5.74, 6) is -1.85. The molecule has 2 rings (SSSR count). The number of benzene rings is 1. The van der Waals surface area contributed by atoms with E-state index in [1.807, 2.05) is 0 Å². The van der Waals surface area contributed by atoms with Crippen LogP contribution in [0.25, 0.3) is 0 Å². The summed E-state index contributed by atoms with van der Waals surface area (Å²) >= 11 is 0. The molecular formula is C16H23F2NO2. The van der Waals surface area contributed by atoms with E-state index in [-0.39, 0.29) is 17.8 Å². The van der Waals surface area contributed by atoms with Crippen molar-refractivity contribution in [2.45, 2.75) is 32.7 Å². The number of halogens is 2. The van der Waals surface area contributed by atoms with Gasteiger partial charge in [0, 0.05) is 30.7 Å². The molecule has 1 aromatic carbocycles. The summed E-state index contributed by atoms with van der Waals surface area (Å²) in [7, 11) is 1.32. The van der Waals surface area contributed by atoms with Crippen molar-refractivity contribution < 1.29 is 18.6 Å². The fourth-order valence-electron chi connectivity index (χ4n) is 3.07. The van der Waals surface area contributed by atoms with Gasteiger partial charge in [-0.05, 0) is 31.9 Å². The minimum absolute atomic E-state index is 0.0758. The van der Waals surface area contributed by atoms with Crippen LogP contribution in [0.2, 0.25) is 0 Å². The molecule has 1 heterocycles. The summed E-state index contributed by atoms with van der Waals surface area (Å²) in [6, 6.07) is 3.02. The molecule has 0 saturated carbocycles. The highest BCUT2D eigenvalue weighted by molar-refractivity contribution is 5.31. The normalized spacial score (nSPS) is 23.3. The Bertz CT molecular complexity index is 489. The standard InChI is InChI=1S/C16H23F2NO2/c1-3-16(11-20)7-4-8-19(10-16)9-12-5-6-13(21-2)15(18)14(12)17/h5-6,20H,3-4,7-11H2,1-2H3/t16-/m1/s1. The Morgan fingerprint density at radius 1 is 1.33 bits per heavy atom. The highest BCUT2D eigenvalue weighted by Crippen LogP contribution is 2.34. The van der Waals surface area contributed by atoms with Gasteiger partial charge >= 0.3 is 0 Å². The van der Waals surface area contributed by atoms with Crippen molar-refractivity contribution in [3.8, 4) is 5.75 Å². The van der Waals surface area contributed by atoms with E-state index in [0.29, 0.717) is 18.7 Å². The Kier molecular flexibility index (Phi) is 5.17. The quantitative estimate of drug-likeness (QED) is 0.907. The van der Waals surface area contributed by atoms with Gasteiger partial charge < -0.3 is 9.84 Å². The molecule has 5 heteroatoms. The van der Waals surface area contributed by atoms with Crippen molar-refractivity contribution in [2.24, 2.45) is 5.41 Å². The second kappa shape index (κ2) is 6.71. The monoisotopic (exact) mass is 299 g/mol. The number of hydrogen-bond acceptors (Lipinski definition) is 3. The van der Waals surface area contributed by atoms with Crippen molar-refractivity contribution in [1.29, 1.82) is 0 Å². The molecule has 1 saturated heterocycles. The van der Waals surface area contributed by atoms with Crippen molar-refractivity contribution >= 4 is 0 Å². The number of methoxy groups -OCH3 is 1. The lowest BCUT2D eigenvalue weighted by Gasteiger charge is -2.41. The van der Waals surface area contributed by atoms with Crippen molar-refractivity contribution in [3.05, 3.63) is 29.3 Å². The molecule has 3 nitrogen and oxygen atoms in total. The first kappa shape index (κ1) is 16.2. The van der Waals surface area contributed by atoms with Crippen LogP contribution in [0.1, 0.15) is 31.7 Å². The van der Waals surface area contributed by atoms with Gasteiger partial charge in [0.05, 0.1) is 7.11 Å². The number of piperidine rings is 1. The summed E-state index contributed by atoms with van der Waals surface area (Å²) in [4.78, 5) is 2.09. The van der Waals surface area contributed by atoms with Crippen LogP contribution in [0.4, 0.5) is 8.78 Å². The highest BCUT2D eigenvalue weighted by atomic mass is 19.2. The van der Waals surface area contributed by atoms with Gasteiger partial charge in [-0.25, -0.2) is 4.39 Å². The van der Waals surface area contributed by atoms with E-state index in [0.717, 1.165) is 25.8 Å². The number of nitrogens with zero attached hydrogens (tertiary/aromatic N) is 1. The summed E-state index contributed by atoms with van der Waals surface area (Å²) in [5, 5.41) is 9.62. The Labute approximate surface area is 124 Å². The van der Waals surface area contributed by atoms with Gasteiger partial charge in [-0.2, -0.15) is 4.39 Å². The molecule has 1 aromatic rings. The average molecular weight is 299 g/mol. The molecule has 0 bridgehead atoms. The SMILES string of the molecule is CC[C@@]1(CO)CCCN(Cc2ccc(OC)c(F)c2F)C1. The zero-order valence-electron chi connectivity index (χ0n) is 12.7. The molecule has 1 aliphatic rings. The number of rotatable bonds is 5. The fraction of sp³-hybridized carbons (Fsp3) is 0.625. The first-order chi connectivity index (χ1) is 10.0. The third-order valence-corrected chi connectivity index (χ3v) is 4.57.